The number of hydrogen-bond acceptors (Lipinski definition) is 3. The van der Waals surface area contributed by atoms with Crippen LogP contribution >= 0.6 is 0 Å². The molecule has 2 N–H and O–H groups in total. The van der Waals surface area contributed by atoms with Crippen LogP contribution in [0.4, 0.5) is 4.39 Å². The summed E-state index contributed by atoms with van der Waals surface area (Å²) in [6, 6.07) is 6.03. The monoisotopic (exact) mass is 208 g/mol. The number of halogens is 1. The summed E-state index contributed by atoms with van der Waals surface area (Å²) in [4.78, 5) is 0. The number of aryl methyl sites for hydroxylation is 1. The van der Waals surface area contributed by atoms with E-state index in [9.17, 15) is 4.39 Å². The summed E-state index contributed by atoms with van der Waals surface area (Å²) in [5.41, 5.74) is 5.96. The van der Waals surface area contributed by atoms with Crippen molar-refractivity contribution < 1.29 is 9.13 Å². The SMILES string of the molecule is Cc1ccc(OCCC(N)C#N)cc1F. The molecule has 15 heavy (non-hydrogen) atoms. The van der Waals surface area contributed by atoms with Crippen LogP contribution in [0.3, 0.4) is 0 Å². The van der Waals surface area contributed by atoms with E-state index in [1.54, 1.807) is 19.1 Å². The highest BCUT2D eigenvalue weighted by Crippen LogP contribution is 2.15. The Hall–Kier alpha value is -1.60. The van der Waals surface area contributed by atoms with Gasteiger partial charge < -0.3 is 10.5 Å². The van der Waals surface area contributed by atoms with Crippen molar-refractivity contribution in [3.63, 3.8) is 0 Å². The van der Waals surface area contributed by atoms with Crippen LogP contribution in [0.15, 0.2) is 18.2 Å². The van der Waals surface area contributed by atoms with Crippen LogP contribution < -0.4 is 10.5 Å². The Labute approximate surface area is 88.3 Å². The van der Waals surface area contributed by atoms with E-state index in [4.69, 9.17) is 15.7 Å². The van der Waals surface area contributed by atoms with Crippen LogP contribution in [0, 0.1) is 24.1 Å². The summed E-state index contributed by atoms with van der Waals surface area (Å²) in [7, 11) is 0. The van der Waals surface area contributed by atoms with Gasteiger partial charge in [0.1, 0.15) is 11.6 Å². The topological polar surface area (TPSA) is 59.0 Å². The van der Waals surface area contributed by atoms with Gasteiger partial charge in [-0.2, -0.15) is 5.26 Å². The molecule has 0 amide bonds. The second-order valence-corrected chi connectivity index (χ2v) is 3.28. The molecule has 0 spiro atoms. The molecule has 0 aliphatic rings. The standard InChI is InChI=1S/C11H13FN2O/c1-8-2-3-10(6-11(8)12)15-5-4-9(14)7-13/h2-3,6,9H,4-5,14H2,1H3. The van der Waals surface area contributed by atoms with E-state index >= 15 is 0 Å². The van der Waals surface area contributed by atoms with E-state index in [1.807, 2.05) is 6.07 Å². The second-order valence-electron chi connectivity index (χ2n) is 3.28. The molecule has 0 radical (unpaired) electrons. The average Bonchev–Trinajstić information content (AvgIpc) is 2.23. The number of hydrogen-bond donors (Lipinski definition) is 1. The van der Waals surface area contributed by atoms with Crippen LogP contribution in [0.1, 0.15) is 12.0 Å². The summed E-state index contributed by atoms with van der Waals surface area (Å²) in [6.45, 7) is 2.00. The summed E-state index contributed by atoms with van der Waals surface area (Å²) >= 11 is 0. The number of nitrogens with two attached hydrogens (primary N) is 1. The number of nitrogens with zero attached hydrogens (tertiary/aromatic N) is 1. The maximum atomic E-state index is 13.1. The Balaban J connectivity index is 2.45. The fourth-order valence-electron chi connectivity index (χ4n) is 1.03. The van der Waals surface area contributed by atoms with Gasteiger partial charge in [-0.05, 0) is 18.6 Å². The van der Waals surface area contributed by atoms with Crippen LogP contribution in [-0.2, 0) is 0 Å². The largest absolute Gasteiger partial charge is 0.493 e. The Morgan fingerprint density at radius 2 is 2.33 bits per heavy atom. The first kappa shape index (κ1) is 11.5. The van der Waals surface area contributed by atoms with Crippen LogP contribution in [0.2, 0.25) is 0 Å². The molecule has 0 fully saturated rings. The van der Waals surface area contributed by atoms with Gasteiger partial charge in [0.2, 0.25) is 0 Å². The number of nitriles is 1. The molecule has 0 aromatic heterocycles. The highest BCUT2D eigenvalue weighted by Gasteiger charge is 2.02. The zero-order chi connectivity index (χ0) is 11.3. The predicted molar refractivity (Wildman–Crippen MR) is 54.8 cm³/mol. The molecule has 1 atom stereocenters. The summed E-state index contributed by atoms with van der Waals surface area (Å²) in [5.74, 6) is 0.167. The van der Waals surface area contributed by atoms with Crippen molar-refractivity contribution in [1.29, 1.82) is 5.26 Å². The van der Waals surface area contributed by atoms with Crippen molar-refractivity contribution in [1.82, 2.24) is 0 Å². The van der Waals surface area contributed by atoms with Gasteiger partial charge in [0.05, 0.1) is 18.7 Å². The molecule has 4 heteroatoms. The molecule has 80 valence electrons. The molecule has 1 aromatic rings. The first-order valence-electron chi connectivity index (χ1n) is 4.67. The molecule has 1 aromatic carbocycles. The Morgan fingerprint density at radius 1 is 1.60 bits per heavy atom. The lowest BCUT2D eigenvalue weighted by atomic mass is 10.2. The van der Waals surface area contributed by atoms with E-state index in [0.717, 1.165) is 0 Å². The quantitative estimate of drug-likeness (QED) is 0.820. The lowest BCUT2D eigenvalue weighted by Gasteiger charge is -2.07. The smallest absolute Gasteiger partial charge is 0.129 e. The number of benzene rings is 1. The maximum absolute atomic E-state index is 13.1. The van der Waals surface area contributed by atoms with Crippen LogP contribution in [0.25, 0.3) is 0 Å². The molecule has 0 aliphatic carbocycles. The molecular weight excluding hydrogens is 195 g/mol. The third kappa shape index (κ3) is 3.56. The lowest BCUT2D eigenvalue weighted by Crippen LogP contribution is -2.20. The number of ether oxygens (including phenoxy) is 1. The minimum absolute atomic E-state index is 0.294. The van der Waals surface area contributed by atoms with Gasteiger partial charge in [-0.25, -0.2) is 4.39 Å². The summed E-state index contributed by atoms with van der Waals surface area (Å²) in [5, 5.41) is 8.42. The van der Waals surface area contributed by atoms with Gasteiger partial charge in [-0.3, -0.25) is 0 Å². The van der Waals surface area contributed by atoms with E-state index < -0.39 is 6.04 Å². The van der Waals surface area contributed by atoms with Gasteiger partial charge in [0, 0.05) is 12.5 Å². The maximum Gasteiger partial charge on any atom is 0.129 e. The molecule has 1 unspecified atom stereocenters. The van der Waals surface area contributed by atoms with Gasteiger partial charge >= 0.3 is 0 Å². The van der Waals surface area contributed by atoms with Crippen molar-refractivity contribution in [3.8, 4) is 11.8 Å². The van der Waals surface area contributed by atoms with Crippen molar-refractivity contribution in [3.05, 3.63) is 29.6 Å². The van der Waals surface area contributed by atoms with Crippen molar-refractivity contribution in [2.45, 2.75) is 19.4 Å². The van der Waals surface area contributed by atoms with E-state index in [2.05, 4.69) is 0 Å². The van der Waals surface area contributed by atoms with Gasteiger partial charge in [0.25, 0.3) is 0 Å². The van der Waals surface area contributed by atoms with Crippen molar-refractivity contribution in [2.24, 2.45) is 5.73 Å². The first-order chi connectivity index (χ1) is 7.13. The number of rotatable bonds is 4. The minimum Gasteiger partial charge on any atom is -0.493 e. The third-order valence-corrected chi connectivity index (χ3v) is 2.01. The fourth-order valence-corrected chi connectivity index (χ4v) is 1.03. The highest BCUT2D eigenvalue weighted by atomic mass is 19.1. The molecule has 0 saturated carbocycles. The van der Waals surface area contributed by atoms with Gasteiger partial charge in [-0.1, -0.05) is 6.07 Å². The van der Waals surface area contributed by atoms with Gasteiger partial charge in [0.15, 0.2) is 0 Å². The zero-order valence-corrected chi connectivity index (χ0v) is 8.53. The van der Waals surface area contributed by atoms with Crippen LogP contribution in [-0.4, -0.2) is 12.6 Å². The molecule has 0 saturated heterocycles. The predicted octanol–water partition coefficient (Wildman–Crippen LogP) is 1.75. The normalized spacial score (nSPS) is 11.9. The first-order valence-corrected chi connectivity index (χ1v) is 4.67. The second kappa shape index (κ2) is 5.32. The zero-order valence-electron chi connectivity index (χ0n) is 8.53. The molecule has 3 nitrogen and oxygen atoms in total. The molecule has 0 aliphatic heterocycles. The average molecular weight is 208 g/mol. The lowest BCUT2D eigenvalue weighted by molar-refractivity contribution is 0.304. The Bertz CT molecular complexity index is 373. The Morgan fingerprint density at radius 3 is 2.93 bits per heavy atom. The van der Waals surface area contributed by atoms with E-state index in [-0.39, 0.29) is 5.82 Å². The fraction of sp³-hybridized carbons (Fsp3) is 0.364. The van der Waals surface area contributed by atoms with Crippen LogP contribution in [0.5, 0.6) is 5.75 Å². The minimum atomic E-state index is -0.528. The van der Waals surface area contributed by atoms with Crippen molar-refractivity contribution in [2.75, 3.05) is 6.61 Å². The molecular formula is C11H13FN2O. The molecule has 0 bridgehead atoms. The Kier molecular flexibility index (Phi) is 4.07. The van der Waals surface area contributed by atoms with E-state index in [0.29, 0.717) is 24.3 Å². The van der Waals surface area contributed by atoms with E-state index in [1.165, 1.54) is 6.07 Å². The summed E-state index contributed by atoms with van der Waals surface area (Å²) in [6.07, 6.45) is 0.437. The highest BCUT2D eigenvalue weighted by molar-refractivity contribution is 5.27. The summed E-state index contributed by atoms with van der Waals surface area (Å²) < 4.78 is 18.3. The molecule has 0 heterocycles. The van der Waals surface area contributed by atoms with Crippen molar-refractivity contribution >= 4 is 0 Å². The van der Waals surface area contributed by atoms with Gasteiger partial charge in [-0.15, -0.1) is 0 Å². The third-order valence-electron chi connectivity index (χ3n) is 2.01. The molecule has 1 rings (SSSR count).